The van der Waals surface area contributed by atoms with Gasteiger partial charge in [0.25, 0.3) is 5.91 Å². The predicted octanol–water partition coefficient (Wildman–Crippen LogP) is 5.60. The van der Waals surface area contributed by atoms with Crippen molar-refractivity contribution < 1.29 is 9.59 Å². The smallest absolute Gasteiger partial charge is 0.255 e. The van der Waals surface area contributed by atoms with E-state index in [4.69, 9.17) is 23.2 Å². The SMILES string of the molecule is Cc1ccc(C(=O)Nc2ccc(Cl)c(Cl)c2)cc1NC(=O)C=Cc1cccnc1. The van der Waals surface area contributed by atoms with Gasteiger partial charge in [0, 0.05) is 35.4 Å². The number of benzene rings is 2. The van der Waals surface area contributed by atoms with Crippen molar-refractivity contribution in [2.45, 2.75) is 6.92 Å². The average Bonchev–Trinajstić information content (AvgIpc) is 2.71. The number of rotatable bonds is 5. The van der Waals surface area contributed by atoms with Gasteiger partial charge in [0.1, 0.15) is 0 Å². The Labute approximate surface area is 178 Å². The van der Waals surface area contributed by atoms with Crippen molar-refractivity contribution >= 4 is 52.5 Å². The number of hydrogen-bond acceptors (Lipinski definition) is 3. The maximum absolute atomic E-state index is 12.5. The third-order valence-corrected chi connectivity index (χ3v) is 4.79. The number of hydrogen-bond donors (Lipinski definition) is 2. The van der Waals surface area contributed by atoms with Gasteiger partial charge >= 0.3 is 0 Å². The zero-order valence-electron chi connectivity index (χ0n) is 15.4. The first kappa shape index (κ1) is 20.6. The fourth-order valence-corrected chi connectivity index (χ4v) is 2.79. The number of carbonyl (C=O) groups is 2. The summed E-state index contributed by atoms with van der Waals surface area (Å²) in [5, 5.41) is 6.30. The van der Waals surface area contributed by atoms with Gasteiger partial charge < -0.3 is 10.6 Å². The molecule has 3 aromatic rings. The summed E-state index contributed by atoms with van der Waals surface area (Å²) in [4.78, 5) is 28.8. The molecule has 0 fully saturated rings. The van der Waals surface area contributed by atoms with Crippen molar-refractivity contribution in [1.82, 2.24) is 4.98 Å². The van der Waals surface area contributed by atoms with Crippen molar-refractivity contribution in [3.63, 3.8) is 0 Å². The van der Waals surface area contributed by atoms with Crippen LogP contribution < -0.4 is 10.6 Å². The molecule has 146 valence electrons. The lowest BCUT2D eigenvalue weighted by molar-refractivity contribution is -0.111. The quantitative estimate of drug-likeness (QED) is 0.522. The van der Waals surface area contributed by atoms with E-state index in [1.165, 1.54) is 6.08 Å². The highest BCUT2D eigenvalue weighted by Crippen LogP contribution is 2.25. The number of nitrogens with zero attached hydrogens (tertiary/aromatic N) is 1. The number of nitrogens with one attached hydrogen (secondary N) is 2. The molecule has 1 aromatic heterocycles. The van der Waals surface area contributed by atoms with Crippen LogP contribution in [0.2, 0.25) is 10.0 Å². The first-order valence-corrected chi connectivity index (χ1v) is 9.44. The molecular formula is C22H17Cl2N3O2. The molecule has 0 saturated carbocycles. The summed E-state index contributed by atoms with van der Waals surface area (Å²) in [5.41, 5.74) is 3.11. The van der Waals surface area contributed by atoms with Crippen LogP contribution >= 0.6 is 23.2 Å². The highest BCUT2D eigenvalue weighted by Gasteiger charge is 2.11. The Morgan fingerprint density at radius 2 is 1.83 bits per heavy atom. The van der Waals surface area contributed by atoms with Crippen molar-refractivity contribution in [3.05, 3.63) is 93.7 Å². The van der Waals surface area contributed by atoms with E-state index in [0.29, 0.717) is 27.0 Å². The number of amides is 2. The van der Waals surface area contributed by atoms with E-state index in [1.807, 2.05) is 13.0 Å². The van der Waals surface area contributed by atoms with E-state index < -0.39 is 0 Å². The summed E-state index contributed by atoms with van der Waals surface area (Å²) in [6.45, 7) is 1.85. The van der Waals surface area contributed by atoms with Gasteiger partial charge in [-0.15, -0.1) is 0 Å². The number of carbonyl (C=O) groups excluding carboxylic acids is 2. The van der Waals surface area contributed by atoms with Crippen molar-refractivity contribution in [2.24, 2.45) is 0 Å². The van der Waals surface area contributed by atoms with Crippen molar-refractivity contribution in [2.75, 3.05) is 10.6 Å². The van der Waals surface area contributed by atoms with E-state index >= 15 is 0 Å². The summed E-state index contributed by atoms with van der Waals surface area (Å²) in [5.74, 6) is -0.635. The van der Waals surface area contributed by atoms with Crippen LogP contribution in [0.5, 0.6) is 0 Å². The minimum atomic E-state index is -0.329. The van der Waals surface area contributed by atoms with Crippen LogP contribution in [0.3, 0.4) is 0 Å². The minimum Gasteiger partial charge on any atom is -0.322 e. The Morgan fingerprint density at radius 1 is 1.00 bits per heavy atom. The first-order chi connectivity index (χ1) is 13.9. The van der Waals surface area contributed by atoms with E-state index in [-0.39, 0.29) is 11.8 Å². The van der Waals surface area contributed by atoms with Gasteiger partial charge in [-0.3, -0.25) is 14.6 Å². The van der Waals surface area contributed by atoms with Gasteiger partial charge in [0.05, 0.1) is 10.0 Å². The van der Waals surface area contributed by atoms with Gasteiger partial charge in [-0.1, -0.05) is 35.3 Å². The molecule has 0 aliphatic carbocycles. The van der Waals surface area contributed by atoms with Crippen LogP contribution in [0.25, 0.3) is 6.08 Å². The zero-order chi connectivity index (χ0) is 20.8. The fraction of sp³-hybridized carbons (Fsp3) is 0.0455. The van der Waals surface area contributed by atoms with Gasteiger partial charge in [0.15, 0.2) is 0 Å². The van der Waals surface area contributed by atoms with Crippen LogP contribution in [0.4, 0.5) is 11.4 Å². The van der Waals surface area contributed by atoms with Crippen LogP contribution in [-0.4, -0.2) is 16.8 Å². The molecule has 0 saturated heterocycles. The zero-order valence-corrected chi connectivity index (χ0v) is 17.0. The molecule has 2 aromatic carbocycles. The van der Waals surface area contributed by atoms with Crippen molar-refractivity contribution in [3.8, 4) is 0 Å². The molecule has 0 unspecified atom stereocenters. The highest BCUT2D eigenvalue weighted by molar-refractivity contribution is 6.42. The summed E-state index contributed by atoms with van der Waals surface area (Å²) in [6, 6.07) is 13.5. The largest absolute Gasteiger partial charge is 0.322 e. The molecule has 2 N–H and O–H groups in total. The van der Waals surface area contributed by atoms with E-state index in [9.17, 15) is 9.59 Å². The van der Waals surface area contributed by atoms with Gasteiger partial charge in [-0.25, -0.2) is 0 Å². The molecule has 0 atom stereocenters. The van der Waals surface area contributed by atoms with Crippen LogP contribution in [-0.2, 0) is 4.79 Å². The molecular weight excluding hydrogens is 409 g/mol. The number of halogens is 2. The number of pyridine rings is 1. The summed E-state index contributed by atoms with van der Waals surface area (Å²) in [7, 11) is 0. The Kier molecular flexibility index (Phi) is 6.65. The molecule has 7 heteroatoms. The Bertz CT molecular complexity index is 1080. The fourth-order valence-electron chi connectivity index (χ4n) is 2.50. The second kappa shape index (κ2) is 9.37. The molecule has 0 radical (unpaired) electrons. The third kappa shape index (κ3) is 5.67. The summed E-state index contributed by atoms with van der Waals surface area (Å²) < 4.78 is 0. The monoisotopic (exact) mass is 425 g/mol. The molecule has 2 amide bonds. The van der Waals surface area contributed by atoms with Gasteiger partial charge in [0.2, 0.25) is 5.91 Å². The molecule has 5 nitrogen and oxygen atoms in total. The van der Waals surface area contributed by atoms with E-state index in [0.717, 1.165) is 11.1 Å². The Morgan fingerprint density at radius 3 is 2.55 bits per heavy atom. The topological polar surface area (TPSA) is 71.1 Å². The van der Waals surface area contributed by atoms with Crippen LogP contribution in [0, 0.1) is 6.92 Å². The Balaban J connectivity index is 1.71. The van der Waals surface area contributed by atoms with E-state index in [1.54, 1.807) is 60.9 Å². The molecule has 0 bridgehead atoms. The lowest BCUT2D eigenvalue weighted by Gasteiger charge is -2.10. The molecule has 0 aliphatic heterocycles. The maximum atomic E-state index is 12.5. The van der Waals surface area contributed by atoms with Gasteiger partial charge in [-0.05, 0) is 60.5 Å². The van der Waals surface area contributed by atoms with Crippen molar-refractivity contribution in [1.29, 1.82) is 0 Å². The average molecular weight is 426 g/mol. The minimum absolute atomic E-state index is 0.306. The Hall–Kier alpha value is -3.15. The number of anilines is 2. The lowest BCUT2D eigenvalue weighted by atomic mass is 10.1. The second-order valence-corrected chi connectivity index (χ2v) is 7.04. The standard InChI is InChI=1S/C22H17Cl2N3O2/c1-14-4-6-16(22(29)26-17-7-8-18(23)19(24)12-17)11-20(14)27-21(28)9-5-15-3-2-10-25-13-15/h2-13H,1H3,(H,26,29)(H,27,28). The van der Waals surface area contributed by atoms with Crippen LogP contribution in [0.15, 0.2) is 67.0 Å². The summed E-state index contributed by atoms with van der Waals surface area (Å²) in [6.07, 6.45) is 6.40. The van der Waals surface area contributed by atoms with Crippen LogP contribution in [0.1, 0.15) is 21.5 Å². The highest BCUT2D eigenvalue weighted by atomic mass is 35.5. The normalized spacial score (nSPS) is 10.7. The lowest BCUT2D eigenvalue weighted by Crippen LogP contribution is -2.14. The molecule has 29 heavy (non-hydrogen) atoms. The number of aromatic nitrogens is 1. The second-order valence-electron chi connectivity index (χ2n) is 6.22. The third-order valence-electron chi connectivity index (χ3n) is 4.05. The molecule has 0 spiro atoms. The molecule has 1 heterocycles. The summed E-state index contributed by atoms with van der Waals surface area (Å²) >= 11 is 11.9. The van der Waals surface area contributed by atoms with Gasteiger partial charge in [-0.2, -0.15) is 0 Å². The first-order valence-electron chi connectivity index (χ1n) is 8.68. The maximum Gasteiger partial charge on any atom is 0.255 e. The van der Waals surface area contributed by atoms with E-state index in [2.05, 4.69) is 15.6 Å². The molecule has 3 rings (SSSR count). The predicted molar refractivity (Wildman–Crippen MR) is 117 cm³/mol. The number of aryl methyl sites for hydroxylation is 1. The molecule has 0 aliphatic rings.